The van der Waals surface area contributed by atoms with E-state index in [0.717, 1.165) is 56.4 Å². The van der Waals surface area contributed by atoms with Crippen LogP contribution < -0.4 is 4.72 Å². The van der Waals surface area contributed by atoms with Crippen LogP contribution in [-0.4, -0.2) is 46.0 Å². The van der Waals surface area contributed by atoms with Crippen molar-refractivity contribution in [2.24, 2.45) is 0 Å². The molecule has 1 N–H and O–H groups in total. The van der Waals surface area contributed by atoms with E-state index in [2.05, 4.69) is 23.5 Å². The van der Waals surface area contributed by atoms with E-state index in [-0.39, 0.29) is 10.6 Å². The van der Waals surface area contributed by atoms with E-state index >= 15 is 0 Å². The zero-order valence-electron chi connectivity index (χ0n) is 19.1. The second-order valence-electron chi connectivity index (χ2n) is 7.86. The van der Waals surface area contributed by atoms with Gasteiger partial charge in [-0.15, -0.1) is 0 Å². The van der Waals surface area contributed by atoms with Crippen molar-refractivity contribution in [1.82, 2.24) is 4.90 Å². The Bertz CT molecular complexity index is 1090. The lowest BCUT2D eigenvalue weighted by molar-refractivity contribution is 0.0600. The number of hydrogen-bond donors (Lipinski definition) is 1. The van der Waals surface area contributed by atoms with E-state index in [1.165, 1.54) is 7.11 Å². The van der Waals surface area contributed by atoms with E-state index in [0.29, 0.717) is 11.1 Å². The van der Waals surface area contributed by atoms with Crippen LogP contribution in [0.25, 0.3) is 6.08 Å². The molecule has 172 valence electrons. The van der Waals surface area contributed by atoms with Gasteiger partial charge in [0.1, 0.15) is 0 Å². The van der Waals surface area contributed by atoms with Crippen molar-refractivity contribution in [2.45, 2.75) is 44.4 Å². The lowest BCUT2D eigenvalue weighted by atomic mass is 9.87. The predicted octanol–water partition coefficient (Wildman–Crippen LogP) is 4.51. The number of carbonyl (C=O) groups excluding carboxylic acids is 1. The van der Waals surface area contributed by atoms with Crippen LogP contribution in [0.4, 0.5) is 5.69 Å². The maximum Gasteiger partial charge on any atom is 0.340 e. The topological polar surface area (TPSA) is 75.7 Å². The van der Waals surface area contributed by atoms with Crippen molar-refractivity contribution in [3.8, 4) is 0 Å². The zero-order valence-corrected chi connectivity index (χ0v) is 19.9. The quantitative estimate of drug-likeness (QED) is 0.562. The first-order valence-electron chi connectivity index (χ1n) is 11.1. The minimum atomic E-state index is -3.92. The Hall–Kier alpha value is -2.64. The summed E-state index contributed by atoms with van der Waals surface area (Å²) in [6.07, 6.45) is 7.45. The summed E-state index contributed by atoms with van der Waals surface area (Å²) in [7, 11) is -2.60. The van der Waals surface area contributed by atoms with Crippen molar-refractivity contribution >= 4 is 27.8 Å². The van der Waals surface area contributed by atoms with E-state index in [1.54, 1.807) is 24.3 Å². The molecule has 1 aliphatic carbocycles. The average Bonchev–Trinajstić information content (AvgIpc) is 2.81. The fourth-order valence-electron chi connectivity index (χ4n) is 4.12. The van der Waals surface area contributed by atoms with Crippen LogP contribution in [0.1, 0.15) is 53.7 Å². The van der Waals surface area contributed by atoms with Gasteiger partial charge in [0.15, 0.2) is 0 Å². The van der Waals surface area contributed by atoms with Gasteiger partial charge in [0.25, 0.3) is 10.0 Å². The van der Waals surface area contributed by atoms with Crippen LogP contribution in [0.5, 0.6) is 0 Å². The molecule has 0 amide bonds. The number of hydrogen-bond acceptors (Lipinski definition) is 5. The van der Waals surface area contributed by atoms with Gasteiger partial charge in [-0.2, -0.15) is 0 Å². The third-order valence-corrected chi connectivity index (χ3v) is 7.37. The standard InChI is InChI=1S/C25H32N2O4S/c1-4-27(5-2)18-10-13-20-12-7-9-15-23(20)32(29,30)26-22-17-16-19-11-6-8-14-21(19)24(22)25(28)31-3/h7,9-10,12-13,15-17,26H,4-6,8,11,14,18H2,1-3H3/b13-10+. The Morgan fingerprint density at radius 1 is 1.09 bits per heavy atom. The van der Waals surface area contributed by atoms with Crippen molar-refractivity contribution < 1.29 is 17.9 Å². The number of rotatable bonds is 9. The Kier molecular flexibility index (Phi) is 8.10. The van der Waals surface area contributed by atoms with Crippen molar-refractivity contribution in [1.29, 1.82) is 0 Å². The Balaban J connectivity index is 1.96. The molecule has 0 aromatic heterocycles. The van der Waals surface area contributed by atoms with Gasteiger partial charge >= 0.3 is 5.97 Å². The third-order valence-electron chi connectivity index (χ3n) is 5.93. The van der Waals surface area contributed by atoms with Crippen LogP contribution in [0.2, 0.25) is 0 Å². The second kappa shape index (κ2) is 10.8. The lowest BCUT2D eigenvalue weighted by Crippen LogP contribution is -2.22. The Morgan fingerprint density at radius 3 is 2.53 bits per heavy atom. The van der Waals surface area contributed by atoms with Crippen molar-refractivity contribution in [3.63, 3.8) is 0 Å². The number of fused-ring (bicyclic) bond motifs is 1. The molecule has 2 aromatic carbocycles. The van der Waals surface area contributed by atoms with Crippen LogP contribution >= 0.6 is 0 Å². The van der Waals surface area contributed by atoms with Gasteiger partial charge < -0.3 is 9.64 Å². The Morgan fingerprint density at radius 2 is 1.81 bits per heavy atom. The van der Waals surface area contributed by atoms with Gasteiger partial charge in [-0.05, 0) is 67.6 Å². The largest absolute Gasteiger partial charge is 0.465 e. The molecule has 2 aromatic rings. The smallest absolute Gasteiger partial charge is 0.340 e. The molecule has 0 fully saturated rings. The van der Waals surface area contributed by atoms with Gasteiger partial charge in [0.2, 0.25) is 0 Å². The molecule has 0 atom stereocenters. The number of methoxy groups -OCH3 is 1. The lowest BCUT2D eigenvalue weighted by Gasteiger charge is -2.21. The zero-order chi connectivity index (χ0) is 23.1. The van der Waals surface area contributed by atoms with Gasteiger partial charge in [0.05, 0.1) is 23.3 Å². The van der Waals surface area contributed by atoms with E-state index in [1.807, 2.05) is 24.3 Å². The molecular weight excluding hydrogens is 424 g/mol. The fourth-order valence-corrected chi connectivity index (χ4v) is 5.40. The minimum Gasteiger partial charge on any atom is -0.465 e. The first-order chi connectivity index (χ1) is 15.4. The third kappa shape index (κ3) is 5.40. The maximum absolute atomic E-state index is 13.4. The molecular formula is C25H32N2O4S. The van der Waals surface area contributed by atoms with Crippen LogP contribution in [0.3, 0.4) is 0 Å². The highest BCUT2D eigenvalue weighted by Gasteiger charge is 2.26. The highest BCUT2D eigenvalue weighted by molar-refractivity contribution is 7.92. The van der Waals surface area contributed by atoms with Crippen molar-refractivity contribution in [2.75, 3.05) is 31.5 Å². The van der Waals surface area contributed by atoms with Crippen LogP contribution in [0, 0.1) is 0 Å². The number of carbonyl (C=O) groups is 1. The molecule has 0 bridgehead atoms. The highest BCUT2D eigenvalue weighted by atomic mass is 32.2. The SMILES string of the molecule is CCN(CC)C/C=C/c1ccccc1S(=O)(=O)Nc1ccc2c(c1C(=O)OC)CCCC2. The molecule has 0 aliphatic heterocycles. The molecule has 0 unspecified atom stereocenters. The normalized spacial score (nSPS) is 13.9. The number of aryl methyl sites for hydroxylation is 1. The van der Waals surface area contributed by atoms with Gasteiger partial charge in [-0.1, -0.05) is 50.3 Å². The number of sulfonamides is 1. The second-order valence-corrected chi connectivity index (χ2v) is 9.51. The first kappa shape index (κ1) is 24.0. The molecule has 7 heteroatoms. The van der Waals surface area contributed by atoms with Gasteiger partial charge in [0, 0.05) is 6.54 Å². The van der Waals surface area contributed by atoms with E-state index in [4.69, 9.17) is 4.74 Å². The molecule has 0 heterocycles. The molecule has 6 nitrogen and oxygen atoms in total. The molecule has 0 spiro atoms. The molecule has 0 saturated carbocycles. The number of likely N-dealkylation sites (N-methyl/N-ethyl adjacent to an activating group) is 1. The molecule has 32 heavy (non-hydrogen) atoms. The summed E-state index contributed by atoms with van der Waals surface area (Å²) in [6.45, 7) is 6.79. The van der Waals surface area contributed by atoms with Gasteiger partial charge in [-0.25, -0.2) is 13.2 Å². The van der Waals surface area contributed by atoms with Crippen LogP contribution in [-0.2, 0) is 27.6 Å². The van der Waals surface area contributed by atoms with E-state index in [9.17, 15) is 13.2 Å². The summed E-state index contributed by atoms with van der Waals surface area (Å²) in [6, 6.07) is 10.5. The van der Waals surface area contributed by atoms with E-state index < -0.39 is 16.0 Å². The van der Waals surface area contributed by atoms with Gasteiger partial charge in [-0.3, -0.25) is 4.72 Å². The summed E-state index contributed by atoms with van der Waals surface area (Å²) in [5.41, 5.74) is 3.15. The monoisotopic (exact) mass is 456 g/mol. The molecule has 0 saturated heterocycles. The molecule has 0 radical (unpaired) electrons. The highest BCUT2D eigenvalue weighted by Crippen LogP contribution is 2.32. The summed E-state index contributed by atoms with van der Waals surface area (Å²) in [5, 5.41) is 0. The number of nitrogens with one attached hydrogen (secondary N) is 1. The number of ether oxygens (including phenoxy) is 1. The number of anilines is 1. The predicted molar refractivity (Wildman–Crippen MR) is 128 cm³/mol. The fraction of sp³-hybridized carbons (Fsp3) is 0.400. The molecule has 1 aliphatic rings. The summed E-state index contributed by atoms with van der Waals surface area (Å²) in [5.74, 6) is -0.520. The number of nitrogens with zero attached hydrogens (tertiary/aromatic N) is 1. The summed E-state index contributed by atoms with van der Waals surface area (Å²) in [4.78, 5) is 15.0. The molecule has 3 rings (SSSR count). The number of esters is 1. The van der Waals surface area contributed by atoms with Crippen molar-refractivity contribution in [3.05, 3.63) is 64.7 Å². The summed E-state index contributed by atoms with van der Waals surface area (Å²) < 4.78 is 34.4. The number of benzene rings is 2. The summed E-state index contributed by atoms with van der Waals surface area (Å²) >= 11 is 0. The van der Waals surface area contributed by atoms with Crippen LogP contribution in [0.15, 0.2) is 47.4 Å². The first-order valence-corrected chi connectivity index (χ1v) is 12.6. The maximum atomic E-state index is 13.4. The Labute approximate surface area is 191 Å². The average molecular weight is 457 g/mol. The minimum absolute atomic E-state index is 0.171.